The first kappa shape index (κ1) is 13.4. The fourth-order valence-electron chi connectivity index (χ4n) is 2.49. The van der Waals surface area contributed by atoms with Crippen LogP contribution in [0.15, 0.2) is 30.3 Å². The molecular formula is C16H19NO2. The van der Waals surface area contributed by atoms with Gasteiger partial charge in [-0.1, -0.05) is 30.3 Å². The minimum atomic E-state index is -0.240. The summed E-state index contributed by atoms with van der Waals surface area (Å²) in [6, 6.07) is 10.1. The molecule has 0 N–H and O–H groups in total. The van der Waals surface area contributed by atoms with E-state index < -0.39 is 0 Å². The Labute approximate surface area is 113 Å². The SMILES string of the molecule is CCOC(=O)c1c(C)c(-c2ccccc2)n(C)c1C. The second-order valence-corrected chi connectivity index (χ2v) is 4.58. The summed E-state index contributed by atoms with van der Waals surface area (Å²) in [7, 11) is 1.98. The van der Waals surface area contributed by atoms with E-state index in [0.29, 0.717) is 12.2 Å². The minimum Gasteiger partial charge on any atom is -0.462 e. The predicted molar refractivity (Wildman–Crippen MR) is 76.3 cm³/mol. The van der Waals surface area contributed by atoms with Gasteiger partial charge >= 0.3 is 5.97 Å². The fraction of sp³-hybridized carbons (Fsp3) is 0.312. The molecule has 0 unspecified atom stereocenters. The Morgan fingerprint density at radius 3 is 2.42 bits per heavy atom. The molecule has 1 heterocycles. The van der Waals surface area contributed by atoms with Gasteiger partial charge in [0, 0.05) is 12.7 Å². The molecule has 0 aliphatic carbocycles. The maximum atomic E-state index is 12.0. The standard InChI is InChI=1S/C16H19NO2/c1-5-19-16(18)14-11(2)15(17(4)12(14)3)13-9-7-6-8-10-13/h6-10H,5H2,1-4H3. The van der Waals surface area contributed by atoms with Crippen molar-refractivity contribution in [2.75, 3.05) is 6.61 Å². The molecule has 0 spiro atoms. The smallest absolute Gasteiger partial charge is 0.340 e. The fourth-order valence-corrected chi connectivity index (χ4v) is 2.49. The van der Waals surface area contributed by atoms with Crippen LogP contribution in [0.5, 0.6) is 0 Å². The average molecular weight is 257 g/mol. The molecular weight excluding hydrogens is 238 g/mol. The number of esters is 1. The number of carbonyl (C=O) groups excluding carboxylic acids is 1. The van der Waals surface area contributed by atoms with Crippen LogP contribution in [0.2, 0.25) is 0 Å². The van der Waals surface area contributed by atoms with Crippen LogP contribution in [0, 0.1) is 13.8 Å². The van der Waals surface area contributed by atoms with Gasteiger partial charge in [-0.05, 0) is 31.9 Å². The Morgan fingerprint density at radius 1 is 1.21 bits per heavy atom. The van der Waals surface area contributed by atoms with Gasteiger partial charge in [-0.15, -0.1) is 0 Å². The van der Waals surface area contributed by atoms with Gasteiger partial charge < -0.3 is 9.30 Å². The van der Waals surface area contributed by atoms with Crippen molar-refractivity contribution in [3.63, 3.8) is 0 Å². The van der Waals surface area contributed by atoms with Gasteiger partial charge in [-0.3, -0.25) is 0 Å². The van der Waals surface area contributed by atoms with Gasteiger partial charge in [0.15, 0.2) is 0 Å². The predicted octanol–water partition coefficient (Wildman–Crippen LogP) is 3.49. The van der Waals surface area contributed by atoms with Crippen molar-refractivity contribution in [3.05, 3.63) is 47.2 Å². The highest BCUT2D eigenvalue weighted by atomic mass is 16.5. The number of hydrogen-bond acceptors (Lipinski definition) is 2. The summed E-state index contributed by atoms with van der Waals surface area (Å²) in [6.45, 7) is 6.14. The van der Waals surface area contributed by atoms with Crippen LogP contribution >= 0.6 is 0 Å². The number of benzene rings is 1. The lowest BCUT2D eigenvalue weighted by Crippen LogP contribution is -2.07. The molecule has 0 radical (unpaired) electrons. The first-order valence-corrected chi connectivity index (χ1v) is 6.46. The summed E-state index contributed by atoms with van der Waals surface area (Å²) in [5.41, 5.74) is 4.78. The van der Waals surface area contributed by atoms with E-state index in [1.165, 1.54) is 0 Å². The maximum Gasteiger partial charge on any atom is 0.340 e. The summed E-state index contributed by atoms with van der Waals surface area (Å²) in [5.74, 6) is -0.240. The Morgan fingerprint density at radius 2 is 1.84 bits per heavy atom. The lowest BCUT2D eigenvalue weighted by atomic mass is 10.1. The minimum absolute atomic E-state index is 0.240. The third-order valence-electron chi connectivity index (χ3n) is 3.46. The van der Waals surface area contributed by atoms with Crippen molar-refractivity contribution < 1.29 is 9.53 Å². The molecule has 3 heteroatoms. The van der Waals surface area contributed by atoms with Gasteiger partial charge in [0.2, 0.25) is 0 Å². The van der Waals surface area contributed by atoms with E-state index in [1.54, 1.807) is 0 Å². The van der Waals surface area contributed by atoms with Gasteiger partial charge in [0.25, 0.3) is 0 Å². The van der Waals surface area contributed by atoms with Crippen molar-refractivity contribution in [1.82, 2.24) is 4.57 Å². The molecule has 100 valence electrons. The molecule has 0 aliphatic heterocycles. The summed E-state index contributed by atoms with van der Waals surface area (Å²) in [5, 5.41) is 0. The summed E-state index contributed by atoms with van der Waals surface area (Å²) in [6.07, 6.45) is 0. The van der Waals surface area contributed by atoms with E-state index in [-0.39, 0.29) is 5.97 Å². The second-order valence-electron chi connectivity index (χ2n) is 4.58. The topological polar surface area (TPSA) is 31.2 Å². The van der Waals surface area contributed by atoms with E-state index in [4.69, 9.17) is 4.74 Å². The summed E-state index contributed by atoms with van der Waals surface area (Å²) in [4.78, 5) is 12.0. The van der Waals surface area contributed by atoms with E-state index in [9.17, 15) is 4.79 Å². The Bertz CT molecular complexity index is 597. The molecule has 0 bridgehead atoms. The molecule has 2 aromatic rings. The van der Waals surface area contributed by atoms with Crippen LogP contribution in [-0.4, -0.2) is 17.1 Å². The number of ether oxygens (including phenoxy) is 1. The van der Waals surface area contributed by atoms with Crippen LogP contribution < -0.4 is 0 Å². The van der Waals surface area contributed by atoms with Crippen molar-refractivity contribution in [3.8, 4) is 11.3 Å². The quantitative estimate of drug-likeness (QED) is 0.788. The first-order chi connectivity index (χ1) is 9.07. The van der Waals surface area contributed by atoms with Crippen LogP contribution in [0.1, 0.15) is 28.5 Å². The zero-order valence-corrected chi connectivity index (χ0v) is 11.9. The zero-order valence-electron chi connectivity index (χ0n) is 11.9. The van der Waals surface area contributed by atoms with Gasteiger partial charge in [0.05, 0.1) is 17.9 Å². The van der Waals surface area contributed by atoms with Crippen molar-refractivity contribution in [2.45, 2.75) is 20.8 Å². The molecule has 0 amide bonds. The molecule has 1 aromatic carbocycles. The lowest BCUT2D eigenvalue weighted by Gasteiger charge is -2.06. The zero-order chi connectivity index (χ0) is 14.0. The molecule has 2 rings (SSSR count). The first-order valence-electron chi connectivity index (χ1n) is 6.46. The van der Waals surface area contributed by atoms with E-state index in [0.717, 1.165) is 22.5 Å². The number of nitrogens with zero attached hydrogens (tertiary/aromatic N) is 1. The Kier molecular flexibility index (Phi) is 3.74. The van der Waals surface area contributed by atoms with Gasteiger partial charge in [0.1, 0.15) is 0 Å². The Balaban J connectivity index is 2.59. The maximum absolute atomic E-state index is 12.0. The number of aromatic nitrogens is 1. The summed E-state index contributed by atoms with van der Waals surface area (Å²) < 4.78 is 7.19. The molecule has 3 nitrogen and oxygen atoms in total. The van der Waals surface area contributed by atoms with E-state index in [2.05, 4.69) is 16.7 Å². The molecule has 19 heavy (non-hydrogen) atoms. The molecule has 0 fully saturated rings. The van der Waals surface area contributed by atoms with Crippen LogP contribution in [0.4, 0.5) is 0 Å². The molecule has 0 atom stereocenters. The number of hydrogen-bond donors (Lipinski definition) is 0. The second kappa shape index (κ2) is 5.31. The van der Waals surface area contributed by atoms with Crippen LogP contribution in [-0.2, 0) is 11.8 Å². The average Bonchev–Trinajstić information content (AvgIpc) is 2.62. The van der Waals surface area contributed by atoms with Crippen molar-refractivity contribution in [1.29, 1.82) is 0 Å². The largest absolute Gasteiger partial charge is 0.462 e. The highest BCUT2D eigenvalue weighted by molar-refractivity contribution is 5.95. The van der Waals surface area contributed by atoms with Gasteiger partial charge in [-0.2, -0.15) is 0 Å². The van der Waals surface area contributed by atoms with Crippen molar-refractivity contribution >= 4 is 5.97 Å². The van der Waals surface area contributed by atoms with Crippen LogP contribution in [0.25, 0.3) is 11.3 Å². The molecule has 0 saturated heterocycles. The van der Waals surface area contributed by atoms with Crippen molar-refractivity contribution in [2.24, 2.45) is 7.05 Å². The Hall–Kier alpha value is -2.03. The van der Waals surface area contributed by atoms with E-state index >= 15 is 0 Å². The highest BCUT2D eigenvalue weighted by Crippen LogP contribution is 2.30. The monoisotopic (exact) mass is 257 g/mol. The molecule has 0 saturated carbocycles. The van der Waals surface area contributed by atoms with Crippen LogP contribution in [0.3, 0.4) is 0 Å². The number of rotatable bonds is 3. The van der Waals surface area contributed by atoms with E-state index in [1.807, 2.05) is 46.0 Å². The molecule has 0 aliphatic rings. The third kappa shape index (κ3) is 2.28. The molecule has 1 aromatic heterocycles. The normalized spacial score (nSPS) is 10.5. The highest BCUT2D eigenvalue weighted by Gasteiger charge is 2.22. The van der Waals surface area contributed by atoms with Gasteiger partial charge in [-0.25, -0.2) is 4.79 Å². The number of carbonyl (C=O) groups is 1. The third-order valence-corrected chi connectivity index (χ3v) is 3.46. The summed E-state index contributed by atoms with van der Waals surface area (Å²) >= 11 is 0. The lowest BCUT2D eigenvalue weighted by molar-refractivity contribution is 0.0524.